The van der Waals surface area contributed by atoms with Crippen LogP contribution in [-0.4, -0.2) is 180 Å². The molecule has 2 aromatic rings. The lowest BCUT2D eigenvalue weighted by Gasteiger charge is -2.43. The van der Waals surface area contributed by atoms with Crippen molar-refractivity contribution < 1.29 is 86.7 Å². The Labute approximate surface area is 402 Å². The van der Waals surface area contributed by atoms with Gasteiger partial charge in [-0.1, -0.05) is 12.1 Å². The minimum Gasteiger partial charge on any atom is -0.507 e. The van der Waals surface area contributed by atoms with Crippen LogP contribution in [0.1, 0.15) is 107 Å². The standard InChI is InChI=1S/C48H58N2O18S/c1-23-44-28(49-14-15-63-47(61-3)46(49)68-44)16-35(65-23)67-30-19-48(59,18-27-37(30)43(57)39-38(41(27)55)40(54)26-10-6-11-29(60-2)36(26)42(39)56)32(52)22-64-34-12-5-9-25(66-34)21-62-20-24(51)8-7-13-50-33(53)17-31(69-4)45(50)58/h6,10-11,23,25,28,30-31,34-35,44,46-47,55,57,59H,5,7-9,12-22H2,1-4H3/t23-,25?,28?,30-,31?,34?,35-,44+,46+,47-,48-/m0/s1. The topological polar surface area (TPSA) is 253 Å². The van der Waals surface area contributed by atoms with Crippen LogP contribution in [0.2, 0.25) is 0 Å². The van der Waals surface area contributed by atoms with Crippen molar-refractivity contribution >= 4 is 46.7 Å². The number of nitrogens with zero attached hydrogens (tertiary/aromatic N) is 2. The first-order chi connectivity index (χ1) is 33.2. The molecule has 2 aromatic carbocycles. The van der Waals surface area contributed by atoms with E-state index in [1.807, 2.05) is 6.92 Å². The van der Waals surface area contributed by atoms with Gasteiger partial charge in [0.2, 0.25) is 17.6 Å². The fraction of sp³-hybridized carbons (Fsp3) is 0.625. The molecule has 0 spiro atoms. The highest BCUT2D eigenvalue weighted by atomic mass is 32.2. The zero-order valence-electron chi connectivity index (χ0n) is 38.9. The Morgan fingerprint density at radius 3 is 2.52 bits per heavy atom. The number of amides is 2. The first-order valence-corrected chi connectivity index (χ1v) is 24.7. The summed E-state index contributed by atoms with van der Waals surface area (Å²) in [5.74, 6) is -4.23. The maximum atomic E-state index is 14.3. The zero-order valence-corrected chi connectivity index (χ0v) is 39.7. The number of imide groups is 1. The van der Waals surface area contributed by atoms with Crippen LogP contribution in [0.4, 0.5) is 0 Å². The van der Waals surface area contributed by atoms with Crippen molar-refractivity contribution in [3.05, 3.63) is 51.6 Å². The zero-order chi connectivity index (χ0) is 48.9. The number of carbonyl (C=O) groups is 6. The molecule has 0 aromatic heterocycles. The second kappa shape index (κ2) is 20.4. The van der Waals surface area contributed by atoms with Crippen molar-refractivity contribution in [3.8, 4) is 17.2 Å². The number of hydrogen-bond acceptors (Lipinski definition) is 20. The van der Waals surface area contributed by atoms with E-state index < -0.39 is 108 Å². The smallest absolute Gasteiger partial charge is 0.242 e. The van der Waals surface area contributed by atoms with Crippen molar-refractivity contribution in [1.29, 1.82) is 0 Å². The van der Waals surface area contributed by atoms with E-state index in [1.54, 1.807) is 6.26 Å². The second-order valence-electron chi connectivity index (χ2n) is 18.5. The normalized spacial score (nSPS) is 32.0. The summed E-state index contributed by atoms with van der Waals surface area (Å²) in [4.78, 5) is 83.1. The number of ether oxygens (including phenoxy) is 9. The van der Waals surface area contributed by atoms with E-state index in [2.05, 4.69) is 4.90 Å². The molecular formula is C48H58N2O18S. The number of rotatable bonds is 17. The minimum absolute atomic E-state index is 0.0578. The third kappa shape index (κ3) is 9.36. The molecule has 11 atom stereocenters. The number of likely N-dealkylation sites (tertiary alicyclic amines) is 1. The van der Waals surface area contributed by atoms with Crippen LogP contribution in [0.3, 0.4) is 0 Å². The average molecular weight is 983 g/mol. The third-order valence-electron chi connectivity index (χ3n) is 14.3. The fourth-order valence-electron chi connectivity index (χ4n) is 10.8. The number of benzene rings is 2. The highest BCUT2D eigenvalue weighted by Gasteiger charge is 2.55. The van der Waals surface area contributed by atoms with Gasteiger partial charge in [-0.25, -0.2) is 0 Å². The van der Waals surface area contributed by atoms with Gasteiger partial charge in [-0.15, -0.1) is 0 Å². The summed E-state index contributed by atoms with van der Waals surface area (Å²) in [6, 6.07) is 4.21. The molecule has 20 nitrogen and oxygen atoms in total. The van der Waals surface area contributed by atoms with Crippen molar-refractivity contribution in [2.45, 2.75) is 131 Å². The van der Waals surface area contributed by atoms with Gasteiger partial charge in [0.05, 0.1) is 60.6 Å². The van der Waals surface area contributed by atoms with Gasteiger partial charge >= 0.3 is 0 Å². The number of hydrogen-bond donors (Lipinski definition) is 3. The molecular weight excluding hydrogens is 925 g/mol. The highest BCUT2D eigenvalue weighted by Crippen LogP contribution is 2.53. The molecule has 3 N–H and O–H groups in total. The van der Waals surface area contributed by atoms with Crippen molar-refractivity contribution in [2.75, 3.05) is 60.0 Å². The number of fused-ring (bicyclic) bond motifs is 6. The van der Waals surface area contributed by atoms with E-state index in [1.165, 1.54) is 49.1 Å². The van der Waals surface area contributed by atoms with E-state index in [0.29, 0.717) is 38.8 Å². The SMILES string of the molecule is COc1cccc2c1C(=O)c1c(O)c3c(c(O)c1C2=O)C[C@@](O)(C(=O)COC1CCCC(COCC(=O)CCCN2C(=O)CC(SC)C2=O)O1)C[C@@H]3O[C@H]1CC2[C@H](O[C@@H]3[C@@H](OC)OCCN23)[C@H](C)O1. The molecule has 21 heteroatoms. The quantitative estimate of drug-likeness (QED) is 0.130. The van der Waals surface area contributed by atoms with E-state index in [0.717, 1.165) is 0 Å². The summed E-state index contributed by atoms with van der Waals surface area (Å²) in [6.45, 7) is 2.18. The van der Waals surface area contributed by atoms with Crippen molar-refractivity contribution in [1.82, 2.24) is 9.80 Å². The summed E-state index contributed by atoms with van der Waals surface area (Å²) in [5.41, 5.74) is -3.61. The van der Waals surface area contributed by atoms with E-state index in [4.69, 9.17) is 42.6 Å². The number of phenols is 2. The molecule has 2 amide bonds. The predicted octanol–water partition coefficient (Wildman–Crippen LogP) is 2.49. The van der Waals surface area contributed by atoms with Crippen molar-refractivity contribution in [2.24, 2.45) is 0 Å². The van der Waals surface area contributed by atoms with Crippen LogP contribution in [0.25, 0.3) is 0 Å². The van der Waals surface area contributed by atoms with Gasteiger partial charge in [-0.2, -0.15) is 11.8 Å². The predicted molar refractivity (Wildman–Crippen MR) is 239 cm³/mol. The Balaban J connectivity index is 0.891. The largest absolute Gasteiger partial charge is 0.507 e. The highest BCUT2D eigenvalue weighted by molar-refractivity contribution is 8.00. The number of morpholine rings is 1. The molecule has 9 rings (SSSR count). The van der Waals surface area contributed by atoms with Gasteiger partial charge in [-0.05, 0) is 44.9 Å². The van der Waals surface area contributed by atoms with Crippen LogP contribution in [0.5, 0.6) is 17.2 Å². The molecule has 2 aliphatic carbocycles. The van der Waals surface area contributed by atoms with Gasteiger partial charge in [0.1, 0.15) is 42.2 Å². The summed E-state index contributed by atoms with van der Waals surface area (Å²) in [6.07, 6.45) is -2.45. The summed E-state index contributed by atoms with van der Waals surface area (Å²) in [5, 5.41) is 36.2. The lowest BCUT2D eigenvalue weighted by atomic mass is 9.72. The maximum absolute atomic E-state index is 14.3. The number of phenolic OH excluding ortho intramolecular Hbond substituents is 2. The van der Waals surface area contributed by atoms with E-state index in [-0.39, 0.29) is 102 Å². The maximum Gasteiger partial charge on any atom is 0.242 e. The number of methoxy groups -OCH3 is 2. The number of aromatic hydroxyl groups is 2. The number of ketones is 4. The van der Waals surface area contributed by atoms with Crippen LogP contribution in [0.15, 0.2) is 18.2 Å². The molecule has 4 unspecified atom stereocenters. The van der Waals surface area contributed by atoms with Gasteiger partial charge in [0, 0.05) is 75.0 Å². The summed E-state index contributed by atoms with van der Waals surface area (Å²) >= 11 is 1.33. The van der Waals surface area contributed by atoms with Gasteiger partial charge < -0.3 is 58.0 Å². The molecule has 0 saturated carbocycles. The van der Waals surface area contributed by atoms with E-state index in [9.17, 15) is 44.1 Å². The Kier molecular flexibility index (Phi) is 14.6. The van der Waals surface area contributed by atoms with Crippen molar-refractivity contribution in [3.63, 3.8) is 0 Å². The molecule has 5 aliphatic heterocycles. The van der Waals surface area contributed by atoms with Crippen LogP contribution in [-0.2, 0) is 63.5 Å². The molecule has 7 aliphatic rings. The summed E-state index contributed by atoms with van der Waals surface area (Å²) < 4.78 is 53.8. The van der Waals surface area contributed by atoms with Gasteiger partial charge in [-0.3, -0.25) is 38.6 Å². The lowest BCUT2D eigenvalue weighted by Crippen LogP contribution is -2.55. The first kappa shape index (κ1) is 49.6. The molecule has 5 fully saturated rings. The Morgan fingerprint density at radius 2 is 1.77 bits per heavy atom. The molecule has 69 heavy (non-hydrogen) atoms. The van der Waals surface area contributed by atoms with Crippen LogP contribution < -0.4 is 4.74 Å². The molecule has 5 heterocycles. The number of carbonyl (C=O) groups excluding carboxylic acids is 6. The molecule has 0 bridgehead atoms. The average Bonchev–Trinajstić information content (AvgIpc) is 3.86. The first-order valence-electron chi connectivity index (χ1n) is 23.4. The number of Topliss-reactive ketones (excluding diaryl/α,β-unsaturated/α-hetero) is 2. The lowest BCUT2D eigenvalue weighted by molar-refractivity contribution is -0.256. The molecule has 5 saturated heterocycles. The monoisotopic (exact) mass is 982 g/mol. The molecule has 0 radical (unpaired) electrons. The Morgan fingerprint density at radius 1 is 0.971 bits per heavy atom. The second-order valence-corrected chi connectivity index (χ2v) is 19.6. The van der Waals surface area contributed by atoms with E-state index >= 15 is 0 Å². The minimum atomic E-state index is -2.29. The summed E-state index contributed by atoms with van der Waals surface area (Å²) in [7, 11) is 2.87. The van der Waals surface area contributed by atoms with Gasteiger partial charge in [0.15, 0.2) is 42.4 Å². The third-order valence-corrected chi connectivity index (χ3v) is 15.2. The molecule has 374 valence electrons. The number of thioether (sulfide) groups is 1. The van der Waals surface area contributed by atoms with Crippen LogP contribution in [0, 0.1) is 0 Å². The fourth-order valence-corrected chi connectivity index (χ4v) is 11.5. The number of aliphatic hydroxyl groups is 1. The Bertz CT molecular complexity index is 2380. The van der Waals surface area contributed by atoms with Gasteiger partial charge in [0.25, 0.3) is 0 Å². The Hall–Kier alpha value is -4.39. The van der Waals surface area contributed by atoms with Crippen LogP contribution >= 0.6 is 11.8 Å².